The largest absolute Gasteiger partial charge is 0.480 e. The summed E-state index contributed by atoms with van der Waals surface area (Å²) in [5, 5.41) is 17.9. The molecule has 13 nitrogen and oxygen atoms in total. The Kier molecular flexibility index (Phi) is 10.1. The van der Waals surface area contributed by atoms with Crippen molar-refractivity contribution in [2.24, 2.45) is 16.6 Å². The third-order valence-corrected chi connectivity index (χ3v) is 10.5. The van der Waals surface area contributed by atoms with Gasteiger partial charge in [-0.05, 0) is 43.6 Å². The third kappa shape index (κ3) is 7.41. The zero-order valence-corrected chi connectivity index (χ0v) is 27.4. The summed E-state index contributed by atoms with van der Waals surface area (Å²) in [5.74, 6) is -2.37. The van der Waals surface area contributed by atoms with Crippen molar-refractivity contribution in [1.29, 1.82) is 0 Å². The maximum absolute atomic E-state index is 13.6. The average molecular weight is 671 g/mol. The molecular formula is C31H38N6O7S2. The maximum atomic E-state index is 13.6. The molecule has 15 heteroatoms. The second kappa shape index (κ2) is 13.9. The van der Waals surface area contributed by atoms with Gasteiger partial charge in [0, 0.05) is 35.7 Å². The summed E-state index contributed by atoms with van der Waals surface area (Å²) in [5.41, 5.74) is 6.94. The predicted molar refractivity (Wildman–Crippen MR) is 173 cm³/mol. The minimum absolute atomic E-state index is 0.0777. The summed E-state index contributed by atoms with van der Waals surface area (Å²) in [6.45, 7) is 3.95. The molecule has 0 radical (unpaired) electrons. The molecule has 0 unspecified atom stereocenters. The summed E-state index contributed by atoms with van der Waals surface area (Å²) in [7, 11) is 0. The molecule has 1 fully saturated rings. The Morgan fingerprint density at radius 2 is 2.00 bits per heavy atom. The van der Waals surface area contributed by atoms with Gasteiger partial charge in [-0.2, -0.15) is 0 Å². The number of nitrogens with zero attached hydrogens (tertiary/aromatic N) is 3. The molecule has 1 spiro atoms. The van der Waals surface area contributed by atoms with Gasteiger partial charge in [-0.25, -0.2) is 9.78 Å². The lowest BCUT2D eigenvalue weighted by Crippen LogP contribution is -2.43. The molecule has 3 atom stereocenters. The van der Waals surface area contributed by atoms with Crippen molar-refractivity contribution in [3.05, 3.63) is 49.3 Å². The molecule has 1 saturated carbocycles. The number of nitrogens with one attached hydrogen (secondary N) is 2. The van der Waals surface area contributed by atoms with Gasteiger partial charge in [-0.3, -0.25) is 29.0 Å². The Hall–Kier alpha value is -3.85. The molecular weight excluding hydrogens is 633 g/mol. The number of carbonyl (C=O) groups excluding carboxylic acids is 4. The normalized spacial score (nSPS) is 18.9. The average Bonchev–Trinajstić information content (AvgIpc) is 3.31. The Balaban J connectivity index is 1.35. The highest BCUT2D eigenvalue weighted by Gasteiger charge is 2.53. The van der Waals surface area contributed by atoms with Crippen LogP contribution < -0.4 is 21.9 Å². The van der Waals surface area contributed by atoms with E-state index in [2.05, 4.69) is 20.6 Å². The number of aliphatic imine (C=N–C) groups is 1. The number of thiazole rings is 1. The Morgan fingerprint density at radius 1 is 1.24 bits per heavy atom. The number of hydrogen-bond donors (Lipinski definition) is 4. The highest BCUT2D eigenvalue weighted by molar-refractivity contribution is 8.14. The number of fused-ring (bicyclic) bond motifs is 2. The number of carboxylic acid groups (broad SMARTS) is 1. The number of nitrogens with two attached hydrogens (primary N) is 1. The van der Waals surface area contributed by atoms with E-state index in [9.17, 15) is 33.9 Å². The van der Waals surface area contributed by atoms with Crippen molar-refractivity contribution in [2.45, 2.75) is 95.8 Å². The second-order valence-electron chi connectivity index (χ2n) is 12.3. The maximum Gasteiger partial charge on any atom is 0.329 e. The van der Waals surface area contributed by atoms with E-state index in [0.717, 1.165) is 19.3 Å². The Labute approximate surface area is 273 Å². The molecule has 1 aliphatic carbocycles. The Bertz CT molecular complexity index is 1660. The van der Waals surface area contributed by atoms with Gasteiger partial charge < -0.3 is 26.0 Å². The van der Waals surface area contributed by atoms with Crippen LogP contribution in [0, 0.1) is 5.92 Å². The van der Waals surface area contributed by atoms with Crippen molar-refractivity contribution < 1.29 is 29.1 Å². The zero-order chi connectivity index (χ0) is 33.2. The van der Waals surface area contributed by atoms with Crippen molar-refractivity contribution >= 4 is 57.6 Å². The first-order valence-corrected chi connectivity index (χ1v) is 17.4. The second-order valence-corrected chi connectivity index (χ2v) is 14.2. The fraction of sp³-hybridized carbons (Fsp3) is 0.548. The molecule has 5 rings (SSSR count). The molecule has 4 heterocycles. The number of amides is 3. The Morgan fingerprint density at radius 3 is 2.65 bits per heavy atom. The molecule has 3 amide bonds. The van der Waals surface area contributed by atoms with E-state index in [0.29, 0.717) is 57.6 Å². The first kappa shape index (κ1) is 33.5. The van der Waals surface area contributed by atoms with Gasteiger partial charge in [-0.1, -0.05) is 20.3 Å². The van der Waals surface area contributed by atoms with Crippen LogP contribution in [0.5, 0.6) is 0 Å². The quantitative estimate of drug-likeness (QED) is 0.206. The minimum Gasteiger partial charge on any atom is -0.480 e. The molecule has 3 aliphatic rings. The highest BCUT2D eigenvalue weighted by Crippen LogP contribution is 2.50. The summed E-state index contributed by atoms with van der Waals surface area (Å²) in [4.78, 5) is 84.2. The first-order valence-electron chi connectivity index (χ1n) is 15.5. The smallest absolute Gasteiger partial charge is 0.329 e. The van der Waals surface area contributed by atoms with E-state index in [1.54, 1.807) is 9.95 Å². The zero-order valence-electron chi connectivity index (χ0n) is 25.8. The van der Waals surface area contributed by atoms with E-state index in [-0.39, 0.29) is 54.9 Å². The van der Waals surface area contributed by atoms with E-state index < -0.39 is 29.5 Å². The molecule has 246 valence electrons. The first-order chi connectivity index (χ1) is 21.9. The number of aromatic nitrogens is 2. The molecule has 2 aliphatic heterocycles. The van der Waals surface area contributed by atoms with E-state index >= 15 is 0 Å². The summed E-state index contributed by atoms with van der Waals surface area (Å²) < 4.78 is 1.56. The van der Waals surface area contributed by atoms with Gasteiger partial charge in [0.05, 0.1) is 30.1 Å². The number of carbonyl (C=O) groups is 5. The summed E-state index contributed by atoms with van der Waals surface area (Å²) in [6.07, 6.45) is 3.85. The van der Waals surface area contributed by atoms with Gasteiger partial charge in [0.1, 0.15) is 15.7 Å². The SMILES string of the molecule is CCCCC(=O)N[C@H](CC(N)=O)C(=O)C[C@@H](C)CCc1c2c(cc(=O)n1Cc1nc(C3=N[C@H](C(=O)O)CS3)cs1)C1(CC1)NC2=O. The summed E-state index contributed by atoms with van der Waals surface area (Å²) in [6, 6.07) is -0.284. The highest BCUT2D eigenvalue weighted by atomic mass is 32.2. The van der Waals surface area contributed by atoms with E-state index in [1.165, 1.54) is 29.2 Å². The number of Topliss-reactive ketones (excluding diaryl/α,β-unsaturated/α-hetero) is 1. The fourth-order valence-electron chi connectivity index (χ4n) is 5.91. The predicted octanol–water partition coefficient (Wildman–Crippen LogP) is 2.11. The molecule has 0 aromatic carbocycles. The minimum atomic E-state index is -1.00. The van der Waals surface area contributed by atoms with Crippen LogP contribution in [0.2, 0.25) is 0 Å². The number of hydrogen-bond acceptors (Lipinski definition) is 10. The number of thioether (sulfide) groups is 1. The number of primary amides is 1. The summed E-state index contributed by atoms with van der Waals surface area (Å²) >= 11 is 2.65. The van der Waals surface area contributed by atoms with Crippen LogP contribution in [0.25, 0.3) is 0 Å². The van der Waals surface area contributed by atoms with Crippen molar-refractivity contribution in [2.75, 3.05) is 5.75 Å². The number of pyridine rings is 1. The lowest BCUT2D eigenvalue weighted by atomic mass is 9.92. The van der Waals surface area contributed by atoms with Gasteiger partial charge in [0.15, 0.2) is 11.8 Å². The van der Waals surface area contributed by atoms with Crippen molar-refractivity contribution in [3.63, 3.8) is 0 Å². The lowest BCUT2D eigenvalue weighted by molar-refractivity contribution is -0.137. The number of ketones is 1. The molecule has 5 N–H and O–H groups in total. The number of aliphatic carboxylic acids is 1. The number of carboxylic acids is 1. The molecule has 2 aromatic rings. The molecule has 0 bridgehead atoms. The van der Waals surface area contributed by atoms with Crippen LogP contribution in [0.1, 0.15) is 97.5 Å². The monoisotopic (exact) mass is 670 g/mol. The standard InChI is InChI=1S/C31H38N6O7S2/c1-3-4-5-24(40)33-18(12-23(32)39)22(38)10-16(2)6-7-21-27-17(31(8-9-31)36-28(27)42)11-26(41)37(21)13-25-34-19(14-45-25)29-35-20(15-46-29)30(43)44/h11,14,16,18,20H,3-10,12-13,15H2,1-2H3,(H2,32,39)(H,33,40)(H,36,42)(H,43,44)/t16-,18+,20-/m0/s1. The van der Waals surface area contributed by atoms with Gasteiger partial charge in [-0.15, -0.1) is 23.1 Å². The van der Waals surface area contributed by atoms with Crippen molar-refractivity contribution in [1.82, 2.24) is 20.2 Å². The van der Waals surface area contributed by atoms with Crippen LogP contribution in [0.4, 0.5) is 0 Å². The third-order valence-electron chi connectivity index (χ3n) is 8.57. The van der Waals surface area contributed by atoms with Crippen LogP contribution in [-0.2, 0) is 37.7 Å². The van der Waals surface area contributed by atoms with Crippen LogP contribution in [0.15, 0.2) is 21.2 Å². The van der Waals surface area contributed by atoms with Crippen LogP contribution in [0.3, 0.4) is 0 Å². The topological polar surface area (TPSA) is 203 Å². The molecule has 0 saturated heterocycles. The lowest BCUT2D eigenvalue weighted by Gasteiger charge is -2.20. The fourth-order valence-corrected chi connectivity index (χ4v) is 7.73. The van der Waals surface area contributed by atoms with E-state index in [4.69, 9.17) is 5.73 Å². The molecule has 2 aromatic heterocycles. The van der Waals surface area contributed by atoms with Gasteiger partial charge in [0.2, 0.25) is 11.8 Å². The number of rotatable bonds is 16. The van der Waals surface area contributed by atoms with Crippen molar-refractivity contribution in [3.8, 4) is 0 Å². The van der Waals surface area contributed by atoms with E-state index in [1.807, 2.05) is 13.8 Å². The van der Waals surface area contributed by atoms with Crippen LogP contribution >= 0.6 is 23.1 Å². The van der Waals surface area contributed by atoms with Crippen LogP contribution in [-0.4, -0.2) is 67.0 Å². The number of unbranched alkanes of at least 4 members (excludes halogenated alkanes) is 1. The van der Waals surface area contributed by atoms with Gasteiger partial charge in [0.25, 0.3) is 11.5 Å². The van der Waals surface area contributed by atoms with Gasteiger partial charge >= 0.3 is 5.97 Å². The molecule has 46 heavy (non-hydrogen) atoms.